The number of methoxy groups -OCH3 is 1. The van der Waals surface area contributed by atoms with Gasteiger partial charge < -0.3 is 19.0 Å². The molecule has 1 heterocycles. The smallest absolute Gasteiger partial charge is 0.326 e. The molecule has 1 spiro atoms. The molecular weight excluding hydrogens is 424 g/mol. The molecule has 0 saturated carbocycles. The SMILES string of the molecule is CCCC[Si](CCCC)(CCCC)O[C@@H]1C=C[C@]2(C)O[C@@]23[C@H](O)C=CC(=O)[C@]13C(=O)OC. The van der Waals surface area contributed by atoms with E-state index < -0.39 is 48.9 Å². The molecule has 0 radical (unpaired) electrons. The zero-order valence-electron chi connectivity index (χ0n) is 20.3. The Balaban J connectivity index is 2.11. The van der Waals surface area contributed by atoms with Crippen molar-refractivity contribution < 1.29 is 28.6 Å². The van der Waals surface area contributed by atoms with Gasteiger partial charge in [0, 0.05) is 0 Å². The number of ether oxygens (including phenoxy) is 2. The van der Waals surface area contributed by atoms with Gasteiger partial charge in [-0.2, -0.15) is 0 Å². The van der Waals surface area contributed by atoms with Crippen molar-refractivity contribution >= 4 is 20.1 Å². The van der Waals surface area contributed by atoms with Gasteiger partial charge in [0.05, 0.1) is 13.2 Å². The van der Waals surface area contributed by atoms with E-state index in [4.69, 9.17) is 13.9 Å². The highest BCUT2D eigenvalue weighted by atomic mass is 28.4. The van der Waals surface area contributed by atoms with Crippen LogP contribution < -0.4 is 0 Å². The number of aliphatic hydroxyl groups excluding tert-OH is 1. The van der Waals surface area contributed by atoms with Crippen LogP contribution in [0.1, 0.15) is 66.2 Å². The molecule has 6 nitrogen and oxygen atoms in total. The first-order chi connectivity index (χ1) is 15.2. The maximum absolute atomic E-state index is 13.5. The molecule has 5 atom stereocenters. The highest BCUT2D eigenvalue weighted by Gasteiger charge is 2.87. The van der Waals surface area contributed by atoms with Gasteiger partial charge in [-0.3, -0.25) is 9.59 Å². The summed E-state index contributed by atoms with van der Waals surface area (Å²) in [5, 5.41) is 11.0. The minimum absolute atomic E-state index is 0.405. The van der Waals surface area contributed by atoms with E-state index >= 15 is 0 Å². The maximum Gasteiger partial charge on any atom is 0.326 e. The molecule has 1 aliphatic heterocycles. The summed E-state index contributed by atoms with van der Waals surface area (Å²) in [5.74, 6) is -1.09. The molecule has 0 bridgehead atoms. The van der Waals surface area contributed by atoms with E-state index in [1.54, 1.807) is 0 Å². The predicted molar refractivity (Wildman–Crippen MR) is 126 cm³/mol. The minimum Gasteiger partial charge on any atom is -0.468 e. The van der Waals surface area contributed by atoms with Crippen molar-refractivity contribution in [3.63, 3.8) is 0 Å². The lowest BCUT2D eigenvalue weighted by atomic mass is 9.56. The molecule has 7 heteroatoms. The van der Waals surface area contributed by atoms with Gasteiger partial charge in [0.25, 0.3) is 0 Å². The molecule has 3 rings (SSSR count). The van der Waals surface area contributed by atoms with Crippen molar-refractivity contribution in [2.45, 2.75) is 108 Å². The first kappa shape index (κ1) is 25.3. The lowest BCUT2D eigenvalue weighted by Crippen LogP contribution is -2.69. The van der Waals surface area contributed by atoms with Crippen molar-refractivity contribution in [1.29, 1.82) is 0 Å². The van der Waals surface area contributed by atoms with Crippen molar-refractivity contribution in [2.75, 3.05) is 7.11 Å². The van der Waals surface area contributed by atoms with E-state index in [0.29, 0.717) is 0 Å². The number of aliphatic hydroxyl groups is 1. The van der Waals surface area contributed by atoms with Gasteiger partial charge in [-0.15, -0.1) is 0 Å². The van der Waals surface area contributed by atoms with E-state index in [1.165, 1.54) is 19.3 Å². The average Bonchev–Trinajstić information content (AvgIpc) is 3.44. The third-order valence-electron chi connectivity index (χ3n) is 7.75. The van der Waals surface area contributed by atoms with Crippen LogP contribution in [-0.2, 0) is 23.5 Å². The standard InChI is InChI=1S/C25H40O6Si/c1-6-9-16-32(17-10-7-2,18-11-8-3)30-21-14-15-23(4)25(31-23)20(27)13-12-19(26)24(21,25)22(28)29-5/h12-15,20-21,27H,6-11,16-18H2,1-5H3/t20-,21-,23+,24-,25+/m1/s1. The molecular formula is C25H40O6Si. The molecule has 0 aromatic rings. The fourth-order valence-corrected chi connectivity index (χ4v) is 10.8. The summed E-state index contributed by atoms with van der Waals surface area (Å²) in [4.78, 5) is 27.0. The molecule has 180 valence electrons. The number of unbranched alkanes of at least 4 members (excludes halogenated alkanes) is 3. The van der Waals surface area contributed by atoms with E-state index in [0.717, 1.165) is 56.7 Å². The second-order valence-electron chi connectivity index (χ2n) is 9.80. The molecule has 1 N–H and O–H groups in total. The Kier molecular flexibility index (Phi) is 7.55. The average molecular weight is 465 g/mol. The van der Waals surface area contributed by atoms with E-state index in [2.05, 4.69) is 20.8 Å². The van der Waals surface area contributed by atoms with Crippen LogP contribution in [0.5, 0.6) is 0 Å². The van der Waals surface area contributed by atoms with Crippen LogP contribution in [0.15, 0.2) is 24.3 Å². The molecule has 1 saturated heterocycles. The third-order valence-corrected chi connectivity index (χ3v) is 12.3. The third kappa shape index (κ3) is 3.65. The zero-order valence-corrected chi connectivity index (χ0v) is 21.3. The summed E-state index contributed by atoms with van der Waals surface area (Å²) in [5.41, 5.74) is -4.04. The summed E-state index contributed by atoms with van der Waals surface area (Å²) < 4.78 is 18.3. The largest absolute Gasteiger partial charge is 0.468 e. The molecule has 3 aliphatic rings. The second kappa shape index (κ2) is 9.53. The zero-order chi connectivity index (χ0) is 23.6. The van der Waals surface area contributed by atoms with Crippen molar-refractivity contribution in [2.24, 2.45) is 5.41 Å². The Bertz CT molecular complexity index is 757. The van der Waals surface area contributed by atoms with Crippen molar-refractivity contribution in [3.8, 4) is 0 Å². The maximum atomic E-state index is 13.5. The Morgan fingerprint density at radius 3 is 2.16 bits per heavy atom. The van der Waals surface area contributed by atoms with Gasteiger partial charge in [0.2, 0.25) is 0 Å². The summed E-state index contributed by atoms with van der Waals surface area (Å²) >= 11 is 0. The lowest BCUT2D eigenvalue weighted by Gasteiger charge is -2.48. The highest BCUT2D eigenvalue weighted by Crippen LogP contribution is 2.67. The van der Waals surface area contributed by atoms with Gasteiger partial charge in [0.1, 0.15) is 11.7 Å². The fraction of sp³-hybridized carbons (Fsp3) is 0.760. The van der Waals surface area contributed by atoms with E-state index in [1.807, 2.05) is 19.1 Å². The molecule has 0 amide bonds. The molecule has 0 unspecified atom stereocenters. The Morgan fingerprint density at radius 2 is 1.66 bits per heavy atom. The van der Waals surface area contributed by atoms with E-state index in [-0.39, 0.29) is 0 Å². The minimum atomic E-state index is -2.29. The van der Waals surface area contributed by atoms with Crippen LogP contribution in [0, 0.1) is 5.41 Å². The highest BCUT2D eigenvalue weighted by molar-refractivity contribution is 6.74. The number of hydrogen-bond donors (Lipinski definition) is 1. The fourth-order valence-electron chi connectivity index (χ4n) is 5.90. The van der Waals surface area contributed by atoms with Gasteiger partial charge in [-0.25, -0.2) is 0 Å². The van der Waals surface area contributed by atoms with Crippen molar-refractivity contribution in [3.05, 3.63) is 24.3 Å². The number of carbonyl (C=O) groups is 2. The molecule has 2 aliphatic carbocycles. The van der Waals surface area contributed by atoms with Crippen LogP contribution in [0.4, 0.5) is 0 Å². The summed E-state index contributed by atoms with van der Waals surface area (Å²) in [6.07, 6.45) is 10.9. The number of ketones is 1. The van der Waals surface area contributed by atoms with E-state index in [9.17, 15) is 14.7 Å². The Morgan fingerprint density at radius 1 is 1.09 bits per heavy atom. The summed E-state index contributed by atoms with van der Waals surface area (Å²) in [6, 6.07) is 3.01. The van der Waals surface area contributed by atoms with Gasteiger partial charge >= 0.3 is 5.97 Å². The number of allylic oxidation sites excluding steroid dienone is 1. The Labute approximate surface area is 193 Å². The van der Waals surface area contributed by atoms with Gasteiger partial charge in [-0.1, -0.05) is 71.4 Å². The molecule has 0 aromatic carbocycles. The number of carbonyl (C=O) groups excluding carboxylic acids is 2. The first-order valence-electron chi connectivity index (χ1n) is 12.3. The van der Waals surface area contributed by atoms with Crippen molar-refractivity contribution in [1.82, 2.24) is 0 Å². The van der Waals surface area contributed by atoms with Gasteiger partial charge in [-0.05, 0) is 37.2 Å². The Hall–Kier alpha value is -1.28. The molecule has 1 fully saturated rings. The quantitative estimate of drug-likeness (QED) is 0.151. The second-order valence-corrected chi connectivity index (χ2v) is 13.9. The molecule has 32 heavy (non-hydrogen) atoms. The van der Waals surface area contributed by atoms with Gasteiger partial charge in [0.15, 0.2) is 25.1 Å². The number of rotatable bonds is 12. The first-order valence-corrected chi connectivity index (χ1v) is 14.8. The lowest BCUT2D eigenvalue weighted by molar-refractivity contribution is -0.174. The number of epoxide rings is 1. The normalized spacial score (nSPS) is 35.4. The summed E-state index contributed by atoms with van der Waals surface area (Å²) in [7, 11) is -1.01. The topological polar surface area (TPSA) is 85.4 Å². The van der Waals surface area contributed by atoms with Crippen LogP contribution in [0.3, 0.4) is 0 Å². The molecule has 0 aromatic heterocycles. The van der Waals surface area contributed by atoms with Crippen LogP contribution in [0.2, 0.25) is 18.1 Å². The number of esters is 1. The number of hydrogen-bond acceptors (Lipinski definition) is 6. The summed E-state index contributed by atoms with van der Waals surface area (Å²) in [6.45, 7) is 8.35. The van der Waals surface area contributed by atoms with Crippen LogP contribution in [0.25, 0.3) is 0 Å². The predicted octanol–water partition coefficient (Wildman–Crippen LogP) is 4.47. The monoisotopic (exact) mass is 464 g/mol. The van der Waals surface area contributed by atoms with Crippen LogP contribution >= 0.6 is 0 Å². The van der Waals surface area contributed by atoms with Crippen LogP contribution in [-0.4, -0.2) is 55.7 Å².